The van der Waals surface area contributed by atoms with Crippen molar-refractivity contribution in [2.45, 2.75) is 18.7 Å². The molecule has 0 aliphatic heterocycles. The second-order valence-electron chi connectivity index (χ2n) is 3.53. The summed E-state index contributed by atoms with van der Waals surface area (Å²) >= 11 is 14.5. The molecule has 2 aromatic rings. The molecule has 2 rings (SSSR count). The number of hydrogen-bond acceptors (Lipinski definition) is 2. The maximum absolute atomic E-state index is 3.78. The predicted molar refractivity (Wildman–Crippen MR) is 84.3 cm³/mol. The van der Waals surface area contributed by atoms with E-state index in [2.05, 4.69) is 73.8 Å². The van der Waals surface area contributed by atoms with Gasteiger partial charge in [-0.15, -0.1) is 22.7 Å². The summed E-state index contributed by atoms with van der Waals surface area (Å²) in [7, 11) is 0. The molecule has 5 heteroatoms. The first-order valence-electron chi connectivity index (χ1n) is 4.64. The van der Waals surface area contributed by atoms with Crippen LogP contribution in [0.3, 0.4) is 0 Å². The zero-order chi connectivity index (χ0) is 11.9. The Morgan fingerprint density at radius 3 is 2.25 bits per heavy atom. The number of alkyl halides is 1. The Morgan fingerprint density at radius 1 is 1.12 bits per heavy atom. The van der Waals surface area contributed by atoms with E-state index >= 15 is 0 Å². The van der Waals surface area contributed by atoms with E-state index in [9.17, 15) is 0 Å². The van der Waals surface area contributed by atoms with Crippen LogP contribution in [0.5, 0.6) is 0 Å². The highest BCUT2D eigenvalue weighted by molar-refractivity contribution is 9.11. The lowest BCUT2D eigenvalue weighted by Gasteiger charge is -2.06. The third-order valence-corrected chi connectivity index (χ3v) is 7.39. The number of halogens is 3. The first kappa shape index (κ1) is 13.3. The van der Waals surface area contributed by atoms with Gasteiger partial charge in [-0.1, -0.05) is 15.9 Å². The summed E-state index contributed by atoms with van der Waals surface area (Å²) in [5.74, 6) is 0. The molecule has 2 heterocycles. The molecule has 0 aromatic carbocycles. The summed E-state index contributed by atoms with van der Waals surface area (Å²) in [6.07, 6.45) is 0. The Labute approximate surface area is 128 Å². The molecule has 0 spiro atoms. The van der Waals surface area contributed by atoms with Crippen molar-refractivity contribution < 1.29 is 0 Å². The Balaban J connectivity index is 2.38. The lowest BCUT2D eigenvalue weighted by molar-refractivity contribution is 1.21. The normalized spacial score (nSPS) is 13.1. The fourth-order valence-corrected chi connectivity index (χ4v) is 5.83. The largest absolute Gasteiger partial charge is 0.133 e. The molecule has 0 aliphatic carbocycles. The van der Waals surface area contributed by atoms with Crippen LogP contribution in [-0.4, -0.2) is 0 Å². The molecule has 0 bridgehead atoms. The molecule has 0 radical (unpaired) electrons. The van der Waals surface area contributed by atoms with E-state index in [1.54, 1.807) is 22.7 Å². The van der Waals surface area contributed by atoms with Gasteiger partial charge in [0.15, 0.2) is 0 Å². The van der Waals surface area contributed by atoms with E-state index in [1.165, 1.54) is 28.5 Å². The lowest BCUT2D eigenvalue weighted by atomic mass is 10.1. The van der Waals surface area contributed by atoms with Crippen LogP contribution in [-0.2, 0) is 0 Å². The highest BCUT2D eigenvalue weighted by atomic mass is 79.9. The Kier molecular flexibility index (Phi) is 4.33. The van der Waals surface area contributed by atoms with Gasteiger partial charge in [-0.3, -0.25) is 0 Å². The minimum absolute atomic E-state index is 0.296. The average molecular weight is 445 g/mol. The highest BCUT2D eigenvalue weighted by Crippen LogP contribution is 2.42. The van der Waals surface area contributed by atoms with E-state index in [1.807, 2.05) is 0 Å². The standard InChI is InChI=1S/C11H9Br3S2/c1-5-3-8(16-11(5)14)10(13)7-4-9(12)15-6(7)2/h3-4,10H,1-2H3. The van der Waals surface area contributed by atoms with Gasteiger partial charge in [0.25, 0.3) is 0 Å². The van der Waals surface area contributed by atoms with Crippen molar-refractivity contribution >= 4 is 70.5 Å². The highest BCUT2D eigenvalue weighted by Gasteiger charge is 2.18. The van der Waals surface area contributed by atoms with Gasteiger partial charge in [-0.05, 0) is 69.0 Å². The SMILES string of the molecule is Cc1cc(C(Br)c2cc(Br)sc2C)sc1Br. The van der Waals surface area contributed by atoms with Crippen molar-refractivity contribution in [3.8, 4) is 0 Å². The minimum atomic E-state index is 0.296. The van der Waals surface area contributed by atoms with Crippen molar-refractivity contribution in [3.63, 3.8) is 0 Å². The van der Waals surface area contributed by atoms with Crippen LogP contribution in [0.25, 0.3) is 0 Å². The molecule has 16 heavy (non-hydrogen) atoms. The van der Waals surface area contributed by atoms with Crippen LogP contribution >= 0.6 is 70.5 Å². The van der Waals surface area contributed by atoms with Crippen LogP contribution in [0.4, 0.5) is 0 Å². The fraction of sp³-hybridized carbons (Fsp3) is 0.273. The van der Waals surface area contributed by atoms with Crippen molar-refractivity contribution in [2.24, 2.45) is 0 Å². The van der Waals surface area contributed by atoms with Gasteiger partial charge in [0.2, 0.25) is 0 Å². The average Bonchev–Trinajstić information content (AvgIpc) is 2.70. The molecule has 0 aliphatic rings. The number of rotatable bonds is 2. The zero-order valence-electron chi connectivity index (χ0n) is 8.68. The Morgan fingerprint density at radius 2 is 1.81 bits per heavy atom. The number of hydrogen-bond donors (Lipinski definition) is 0. The molecule has 1 unspecified atom stereocenters. The summed E-state index contributed by atoms with van der Waals surface area (Å²) in [5, 5.41) is 0. The third-order valence-electron chi connectivity index (χ3n) is 2.33. The smallest absolute Gasteiger partial charge is 0.0749 e. The maximum Gasteiger partial charge on any atom is 0.0749 e. The van der Waals surface area contributed by atoms with E-state index < -0.39 is 0 Å². The molecule has 0 N–H and O–H groups in total. The van der Waals surface area contributed by atoms with Crippen molar-refractivity contribution in [2.75, 3.05) is 0 Å². The monoisotopic (exact) mass is 442 g/mol. The quantitative estimate of drug-likeness (QED) is 0.468. The van der Waals surface area contributed by atoms with Gasteiger partial charge in [-0.25, -0.2) is 0 Å². The molecule has 1 atom stereocenters. The molecule has 0 saturated heterocycles. The van der Waals surface area contributed by atoms with E-state index in [4.69, 9.17) is 0 Å². The van der Waals surface area contributed by atoms with Crippen LogP contribution in [0.1, 0.15) is 25.7 Å². The summed E-state index contributed by atoms with van der Waals surface area (Å²) in [6.45, 7) is 4.29. The molecule has 0 amide bonds. The van der Waals surface area contributed by atoms with Crippen molar-refractivity contribution in [1.29, 1.82) is 0 Å². The topological polar surface area (TPSA) is 0 Å². The predicted octanol–water partition coefficient (Wildman–Crippen LogP) is 6.44. The van der Waals surface area contributed by atoms with Gasteiger partial charge < -0.3 is 0 Å². The molecular formula is C11H9Br3S2. The lowest BCUT2D eigenvalue weighted by Crippen LogP contribution is -1.88. The van der Waals surface area contributed by atoms with Gasteiger partial charge in [0.05, 0.1) is 12.4 Å². The molecule has 2 aromatic heterocycles. The number of aryl methyl sites for hydroxylation is 2. The summed E-state index contributed by atoms with van der Waals surface area (Å²) in [4.78, 5) is 3.00. The van der Waals surface area contributed by atoms with Crippen molar-refractivity contribution in [1.82, 2.24) is 0 Å². The Bertz CT molecular complexity index is 494. The van der Waals surface area contributed by atoms with E-state index in [0.717, 1.165) is 0 Å². The maximum atomic E-state index is 3.78. The summed E-state index contributed by atoms with van der Waals surface area (Å²) < 4.78 is 2.41. The molecule has 0 fully saturated rings. The molecule has 0 saturated carbocycles. The number of thiophene rings is 2. The molecule has 86 valence electrons. The molecule has 0 nitrogen and oxygen atoms in total. The van der Waals surface area contributed by atoms with E-state index in [-0.39, 0.29) is 0 Å². The summed E-state index contributed by atoms with van der Waals surface area (Å²) in [6, 6.07) is 4.43. The van der Waals surface area contributed by atoms with Gasteiger partial charge in [0, 0.05) is 9.75 Å². The second-order valence-corrected chi connectivity index (χ2v) is 9.48. The van der Waals surface area contributed by atoms with Crippen LogP contribution < -0.4 is 0 Å². The first-order valence-corrected chi connectivity index (χ1v) is 8.78. The van der Waals surface area contributed by atoms with Gasteiger partial charge in [-0.2, -0.15) is 0 Å². The van der Waals surface area contributed by atoms with E-state index in [0.29, 0.717) is 4.83 Å². The molecular weight excluding hydrogens is 436 g/mol. The summed E-state index contributed by atoms with van der Waals surface area (Å²) in [5.41, 5.74) is 2.65. The fourth-order valence-electron chi connectivity index (χ4n) is 1.47. The first-order chi connectivity index (χ1) is 7.49. The van der Waals surface area contributed by atoms with Crippen LogP contribution in [0.2, 0.25) is 0 Å². The van der Waals surface area contributed by atoms with Crippen molar-refractivity contribution in [3.05, 3.63) is 40.6 Å². The van der Waals surface area contributed by atoms with Gasteiger partial charge in [0.1, 0.15) is 0 Å². The third kappa shape index (κ3) is 2.64. The van der Waals surface area contributed by atoms with Crippen LogP contribution in [0.15, 0.2) is 19.7 Å². The zero-order valence-corrected chi connectivity index (χ0v) is 15.1. The van der Waals surface area contributed by atoms with Crippen LogP contribution in [0, 0.1) is 13.8 Å². The Hall–Kier alpha value is 0.840. The second kappa shape index (κ2) is 5.22. The minimum Gasteiger partial charge on any atom is -0.133 e. The van der Waals surface area contributed by atoms with Gasteiger partial charge >= 0.3 is 0 Å².